The lowest BCUT2D eigenvalue weighted by Gasteiger charge is -2.12. The molecule has 0 fully saturated rings. The molecular formula is C10H13NO2. The highest BCUT2D eigenvalue weighted by Gasteiger charge is 2.24. The average Bonchev–Trinajstić information content (AvgIpc) is 2.49. The highest BCUT2D eigenvalue weighted by molar-refractivity contribution is 6.00. The van der Waals surface area contributed by atoms with E-state index >= 15 is 0 Å². The molecule has 3 heteroatoms. The quantitative estimate of drug-likeness (QED) is 0.713. The van der Waals surface area contributed by atoms with Crippen molar-refractivity contribution in [3.8, 4) is 0 Å². The first kappa shape index (κ1) is 8.51. The van der Waals surface area contributed by atoms with Gasteiger partial charge in [0, 0.05) is 5.56 Å². The Bertz CT molecular complexity index is 339. The summed E-state index contributed by atoms with van der Waals surface area (Å²) in [7, 11) is 0. The molecule has 1 aromatic rings. The number of hydrogen-bond acceptors (Lipinski definition) is 3. The van der Waals surface area contributed by atoms with E-state index in [1.165, 1.54) is 0 Å². The summed E-state index contributed by atoms with van der Waals surface area (Å²) in [4.78, 5) is 11.5. The lowest BCUT2D eigenvalue weighted by molar-refractivity contribution is 0.0978. The molecule has 0 radical (unpaired) electrons. The van der Waals surface area contributed by atoms with E-state index in [1.54, 1.807) is 6.26 Å². The minimum atomic E-state index is 0.152. The van der Waals surface area contributed by atoms with Gasteiger partial charge in [-0.2, -0.15) is 0 Å². The average molecular weight is 179 g/mol. The van der Waals surface area contributed by atoms with Crippen LogP contribution in [0.4, 0.5) is 0 Å². The van der Waals surface area contributed by atoms with Crippen LogP contribution in [0.15, 0.2) is 10.7 Å². The first-order valence-electron chi connectivity index (χ1n) is 4.54. The summed E-state index contributed by atoms with van der Waals surface area (Å²) in [6.45, 7) is 5.25. The number of carbonyl (C=O) groups is 1. The van der Waals surface area contributed by atoms with Crippen molar-refractivity contribution < 1.29 is 9.21 Å². The molecule has 0 saturated carbocycles. The monoisotopic (exact) mass is 179 g/mol. The number of furan rings is 1. The van der Waals surface area contributed by atoms with Crippen molar-refractivity contribution in [2.75, 3.05) is 6.54 Å². The molecule has 1 N–H and O–H groups in total. The van der Waals surface area contributed by atoms with Crippen molar-refractivity contribution in [3.05, 3.63) is 23.2 Å². The molecule has 0 bridgehead atoms. The molecule has 0 atom stereocenters. The molecule has 0 amide bonds. The fourth-order valence-electron chi connectivity index (χ4n) is 1.66. The molecule has 13 heavy (non-hydrogen) atoms. The molecular weight excluding hydrogens is 166 g/mol. The second-order valence-electron chi connectivity index (χ2n) is 3.67. The van der Waals surface area contributed by atoms with Crippen LogP contribution >= 0.6 is 0 Å². The Morgan fingerprint density at radius 3 is 2.92 bits per heavy atom. The molecule has 1 aromatic heterocycles. The molecule has 2 rings (SSSR count). The van der Waals surface area contributed by atoms with Crippen molar-refractivity contribution in [1.82, 2.24) is 5.32 Å². The second kappa shape index (κ2) is 3.00. The first-order valence-corrected chi connectivity index (χ1v) is 4.54. The maximum atomic E-state index is 11.5. The molecule has 0 spiro atoms. The van der Waals surface area contributed by atoms with E-state index in [-0.39, 0.29) is 5.78 Å². The maximum absolute atomic E-state index is 11.5. The lowest BCUT2D eigenvalue weighted by atomic mass is 9.96. The smallest absolute Gasteiger partial charge is 0.180 e. The first-order chi connectivity index (χ1) is 6.20. The van der Waals surface area contributed by atoms with Crippen LogP contribution in [0.1, 0.15) is 41.4 Å². The van der Waals surface area contributed by atoms with Gasteiger partial charge in [-0.15, -0.1) is 0 Å². The van der Waals surface area contributed by atoms with Gasteiger partial charge in [0.1, 0.15) is 5.76 Å². The summed E-state index contributed by atoms with van der Waals surface area (Å²) in [6, 6.07) is 0. The normalized spacial score (nSPS) is 16.4. The maximum Gasteiger partial charge on any atom is 0.180 e. The van der Waals surface area contributed by atoms with E-state index in [9.17, 15) is 4.79 Å². The van der Waals surface area contributed by atoms with Gasteiger partial charge >= 0.3 is 0 Å². The van der Waals surface area contributed by atoms with Crippen molar-refractivity contribution in [2.45, 2.75) is 26.3 Å². The molecule has 0 aliphatic carbocycles. The summed E-state index contributed by atoms with van der Waals surface area (Å²) in [5.74, 6) is 1.30. The zero-order chi connectivity index (χ0) is 9.42. The molecule has 1 aliphatic heterocycles. The van der Waals surface area contributed by atoms with Crippen LogP contribution in [0.3, 0.4) is 0 Å². The number of hydrogen-bond donors (Lipinski definition) is 1. The standard InChI is InChI=1S/C10H13NO2/c1-6(2)7-5-13-9-4-11-3-8(12)10(7)9/h5-6,11H,3-4H2,1-2H3. The lowest BCUT2D eigenvalue weighted by Crippen LogP contribution is -2.29. The molecule has 1 aliphatic rings. The van der Waals surface area contributed by atoms with Gasteiger partial charge in [-0.25, -0.2) is 0 Å². The van der Waals surface area contributed by atoms with Crippen molar-refractivity contribution in [1.29, 1.82) is 0 Å². The van der Waals surface area contributed by atoms with Gasteiger partial charge in [-0.1, -0.05) is 13.8 Å². The Labute approximate surface area is 77.1 Å². The summed E-state index contributed by atoms with van der Waals surface area (Å²) in [5.41, 5.74) is 1.86. The third-order valence-electron chi connectivity index (χ3n) is 2.37. The van der Waals surface area contributed by atoms with Crippen LogP contribution in [-0.4, -0.2) is 12.3 Å². The molecule has 2 heterocycles. The number of fused-ring (bicyclic) bond motifs is 1. The van der Waals surface area contributed by atoms with E-state index in [2.05, 4.69) is 19.2 Å². The Hall–Kier alpha value is -1.09. The number of ketones is 1. The SMILES string of the molecule is CC(C)c1coc2c1C(=O)CNC2. The number of Topliss-reactive ketones (excluding diaryl/α,β-unsaturated/α-hetero) is 1. The highest BCUT2D eigenvalue weighted by atomic mass is 16.3. The zero-order valence-corrected chi connectivity index (χ0v) is 7.89. The van der Waals surface area contributed by atoms with Crippen LogP contribution < -0.4 is 5.32 Å². The van der Waals surface area contributed by atoms with Gasteiger partial charge in [0.2, 0.25) is 0 Å². The van der Waals surface area contributed by atoms with E-state index in [0.717, 1.165) is 16.9 Å². The minimum Gasteiger partial charge on any atom is -0.467 e. The zero-order valence-electron chi connectivity index (χ0n) is 7.89. The van der Waals surface area contributed by atoms with Crippen LogP contribution in [0.2, 0.25) is 0 Å². The molecule has 0 saturated heterocycles. The Morgan fingerprint density at radius 2 is 2.23 bits per heavy atom. The summed E-state index contributed by atoms with van der Waals surface area (Å²) < 4.78 is 5.34. The van der Waals surface area contributed by atoms with Crippen molar-refractivity contribution in [3.63, 3.8) is 0 Å². The third-order valence-corrected chi connectivity index (χ3v) is 2.37. The molecule has 3 nitrogen and oxygen atoms in total. The Kier molecular flexibility index (Phi) is 1.96. The topological polar surface area (TPSA) is 42.2 Å². The van der Waals surface area contributed by atoms with E-state index < -0.39 is 0 Å². The van der Waals surface area contributed by atoms with Gasteiger partial charge in [0.15, 0.2) is 5.78 Å². The fraction of sp³-hybridized carbons (Fsp3) is 0.500. The van der Waals surface area contributed by atoms with E-state index in [0.29, 0.717) is 19.0 Å². The largest absolute Gasteiger partial charge is 0.467 e. The number of carbonyl (C=O) groups excluding carboxylic acids is 1. The minimum absolute atomic E-state index is 0.152. The summed E-state index contributed by atoms with van der Waals surface area (Å²) >= 11 is 0. The van der Waals surface area contributed by atoms with Gasteiger partial charge in [-0.3, -0.25) is 4.79 Å². The van der Waals surface area contributed by atoms with Crippen LogP contribution in [0, 0.1) is 0 Å². The fourth-order valence-corrected chi connectivity index (χ4v) is 1.66. The van der Waals surface area contributed by atoms with Crippen LogP contribution in [-0.2, 0) is 6.54 Å². The molecule has 0 aromatic carbocycles. The Balaban J connectivity index is 2.50. The van der Waals surface area contributed by atoms with Gasteiger partial charge in [0.25, 0.3) is 0 Å². The van der Waals surface area contributed by atoms with E-state index in [4.69, 9.17) is 4.42 Å². The predicted molar refractivity (Wildman–Crippen MR) is 48.8 cm³/mol. The summed E-state index contributed by atoms with van der Waals surface area (Å²) in [5, 5.41) is 3.00. The van der Waals surface area contributed by atoms with E-state index in [1.807, 2.05) is 0 Å². The number of rotatable bonds is 1. The van der Waals surface area contributed by atoms with Gasteiger partial charge in [0.05, 0.1) is 24.9 Å². The Morgan fingerprint density at radius 1 is 1.46 bits per heavy atom. The second-order valence-corrected chi connectivity index (χ2v) is 3.67. The third kappa shape index (κ3) is 1.29. The molecule has 70 valence electrons. The highest BCUT2D eigenvalue weighted by Crippen LogP contribution is 2.26. The van der Waals surface area contributed by atoms with Crippen molar-refractivity contribution >= 4 is 5.78 Å². The number of nitrogens with one attached hydrogen (secondary N) is 1. The van der Waals surface area contributed by atoms with Crippen molar-refractivity contribution in [2.24, 2.45) is 0 Å². The predicted octanol–water partition coefficient (Wildman–Crippen LogP) is 1.69. The van der Waals surface area contributed by atoms with Crippen LogP contribution in [0.5, 0.6) is 0 Å². The van der Waals surface area contributed by atoms with Crippen LogP contribution in [0.25, 0.3) is 0 Å². The summed E-state index contributed by atoms with van der Waals surface area (Å²) in [6.07, 6.45) is 1.71. The molecule has 0 unspecified atom stereocenters. The van der Waals surface area contributed by atoms with Gasteiger partial charge < -0.3 is 9.73 Å². The van der Waals surface area contributed by atoms with Gasteiger partial charge in [-0.05, 0) is 5.92 Å².